The molecule has 0 aliphatic carbocycles. The largest absolute Gasteiger partial charge is 0.447 e. The van der Waals surface area contributed by atoms with Gasteiger partial charge in [0.1, 0.15) is 5.76 Å². The second kappa shape index (κ2) is 8.56. The molecular formula is C15H28N2O3S. The molecule has 0 amide bonds. The first kappa shape index (κ1) is 18.2. The van der Waals surface area contributed by atoms with Gasteiger partial charge in [0.05, 0.1) is 6.54 Å². The van der Waals surface area contributed by atoms with E-state index in [-0.39, 0.29) is 5.09 Å². The smallest absolute Gasteiger partial charge is 0.273 e. The number of furan rings is 1. The molecular weight excluding hydrogens is 288 g/mol. The summed E-state index contributed by atoms with van der Waals surface area (Å²) in [6.07, 6.45) is 3.00. The minimum atomic E-state index is -3.52. The van der Waals surface area contributed by atoms with Crippen LogP contribution in [-0.2, 0) is 16.6 Å². The maximum atomic E-state index is 12.1. The third-order valence-corrected chi connectivity index (χ3v) is 4.42. The molecule has 0 saturated carbocycles. The first-order valence-corrected chi connectivity index (χ1v) is 9.11. The van der Waals surface area contributed by atoms with E-state index < -0.39 is 10.0 Å². The first-order chi connectivity index (χ1) is 9.81. The number of nitrogens with one attached hydrogen (secondary N) is 2. The van der Waals surface area contributed by atoms with Crippen LogP contribution in [0.1, 0.15) is 52.7 Å². The second-order valence-electron chi connectivity index (χ2n) is 6.04. The fourth-order valence-corrected chi connectivity index (χ4v) is 2.88. The molecule has 0 atom stereocenters. The van der Waals surface area contributed by atoms with Crippen LogP contribution >= 0.6 is 0 Å². The van der Waals surface area contributed by atoms with Crippen LogP contribution in [0.4, 0.5) is 0 Å². The third kappa shape index (κ3) is 7.11. The molecule has 0 aliphatic rings. The molecule has 0 spiro atoms. The van der Waals surface area contributed by atoms with E-state index >= 15 is 0 Å². The topological polar surface area (TPSA) is 71.3 Å². The lowest BCUT2D eigenvalue weighted by molar-refractivity contribution is 0.393. The zero-order valence-corrected chi connectivity index (χ0v) is 14.3. The van der Waals surface area contributed by atoms with Gasteiger partial charge in [-0.2, -0.15) is 0 Å². The van der Waals surface area contributed by atoms with Crippen molar-refractivity contribution < 1.29 is 12.8 Å². The average molecular weight is 316 g/mol. The Bertz CT molecular complexity index is 507. The summed E-state index contributed by atoms with van der Waals surface area (Å²) in [5.74, 6) is 1.28. The molecule has 0 fully saturated rings. The number of sulfonamides is 1. The summed E-state index contributed by atoms with van der Waals surface area (Å²) < 4.78 is 32.1. The lowest BCUT2D eigenvalue weighted by Crippen LogP contribution is -2.24. The fraction of sp³-hybridized carbons (Fsp3) is 0.733. The van der Waals surface area contributed by atoms with Gasteiger partial charge in [-0.3, -0.25) is 0 Å². The van der Waals surface area contributed by atoms with Gasteiger partial charge in [0.25, 0.3) is 10.0 Å². The molecule has 0 saturated heterocycles. The Kier molecular flexibility index (Phi) is 7.42. The van der Waals surface area contributed by atoms with Gasteiger partial charge in [0.2, 0.25) is 5.09 Å². The zero-order chi connectivity index (χ0) is 15.9. The molecule has 1 aromatic heterocycles. The van der Waals surface area contributed by atoms with Gasteiger partial charge in [-0.1, -0.05) is 40.5 Å². The third-order valence-electron chi connectivity index (χ3n) is 3.09. The van der Waals surface area contributed by atoms with Crippen molar-refractivity contribution in [2.24, 2.45) is 5.92 Å². The highest BCUT2D eigenvalue weighted by molar-refractivity contribution is 7.89. The van der Waals surface area contributed by atoms with Crippen molar-refractivity contribution in [3.05, 3.63) is 17.9 Å². The predicted octanol–water partition coefficient (Wildman–Crippen LogP) is 2.88. The van der Waals surface area contributed by atoms with Crippen LogP contribution in [0.25, 0.3) is 0 Å². The van der Waals surface area contributed by atoms with E-state index in [0.717, 1.165) is 19.3 Å². The Morgan fingerprint density at radius 3 is 2.48 bits per heavy atom. The van der Waals surface area contributed by atoms with Crippen LogP contribution < -0.4 is 10.0 Å². The molecule has 0 aliphatic heterocycles. The SMILES string of the molecule is CC(C)CCCCNS(=O)(=O)c1ccc(CNC(C)C)o1. The molecule has 0 radical (unpaired) electrons. The predicted molar refractivity (Wildman–Crippen MR) is 84.6 cm³/mol. The Morgan fingerprint density at radius 1 is 1.14 bits per heavy atom. The van der Waals surface area contributed by atoms with E-state index in [1.54, 1.807) is 6.07 Å². The normalized spacial score (nSPS) is 12.5. The Balaban J connectivity index is 2.43. The average Bonchev–Trinajstić information content (AvgIpc) is 2.85. The lowest BCUT2D eigenvalue weighted by atomic mass is 10.1. The Labute approximate surface area is 128 Å². The number of rotatable bonds is 10. The highest BCUT2D eigenvalue weighted by Crippen LogP contribution is 2.14. The van der Waals surface area contributed by atoms with E-state index in [1.807, 2.05) is 13.8 Å². The zero-order valence-electron chi connectivity index (χ0n) is 13.5. The molecule has 2 N–H and O–H groups in total. The monoisotopic (exact) mass is 316 g/mol. The van der Waals surface area contributed by atoms with E-state index in [2.05, 4.69) is 23.9 Å². The summed E-state index contributed by atoms with van der Waals surface area (Å²) in [6, 6.07) is 3.53. The van der Waals surface area contributed by atoms with Crippen molar-refractivity contribution in [2.45, 2.75) is 64.6 Å². The van der Waals surface area contributed by atoms with Gasteiger partial charge in [0, 0.05) is 12.6 Å². The quantitative estimate of drug-likeness (QED) is 0.651. The minimum absolute atomic E-state index is 0.00749. The maximum absolute atomic E-state index is 12.1. The molecule has 1 aromatic rings. The first-order valence-electron chi connectivity index (χ1n) is 7.63. The summed E-state index contributed by atoms with van der Waals surface area (Å²) >= 11 is 0. The number of unbranched alkanes of at least 4 members (excludes halogenated alkanes) is 1. The molecule has 5 nitrogen and oxygen atoms in total. The van der Waals surface area contributed by atoms with E-state index in [0.29, 0.717) is 30.8 Å². The Morgan fingerprint density at radius 2 is 1.86 bits per heavy atom. The highest BCUT2D eigenvalue weighted by Gasteiger charge is 2.18. The van der Waals surface area contributed by atoms with E-state index in [1.165, 1.54) is 6.07 Å². The number of hydrogen-bond donors (Lipinski definition) is 2. The number of hydrogen-bond acceptors (Lipinski definition) is 4. The van der Waals surface area contributed by atoms with Crippen molar-refractivity contribution in [3.63, 3.8) is 0 Å². The molecule has 21 heavy (non-hydrogen) atoms. The molecule has 6 heteroatoms. The van der Waals surface area contributed by atoms with Crippen LogP contribution in [0, 0.1) is 5.92 Å². The minimum Gasteiger partial charge on any atom is -0.447 e. The summed E-state index contributed by atoms with van der Waals surface area (Å²) in [5, 5.41) is 3.18. The van der Waals surface area contributed by atoms with Crippen LogP contribution in [0.3, 0.4) is 0 Å². The fourth-order valence-electron chi connectivity index (χ4n) is 1.86. The van der Waals surface area contributed by atoms with Gasteiger partial charge < -0.3 is 9.73 Å². The standard InChI is InChI=1S/C15H28N2O3S/c1-12(2)7-5-6-10-17-21(18,19)15-9-8-14(20-15)11-16-13(3)4/h8-9,12-13,16-17H,5-7,10-11H2,1-4H3. The van der Waals surface area contributed by atoms with E-state index in [4.69, 9.17) is 4.42 Å². The van der Waals surface area contributed by atoms with Crippen molar-refractivity contribution in [1.82, 2.24) is 10.0 Å². The van der Waals surface area contributed by atoms with Gasteiger partial charge in [-0.15, -0.1) is 0 Å². The summed E-state index contributed by atoms with van der Waals surface area (Å²) in [5.41, 5.74) is 0. The highest BCUT2D eigenvalue weighted by atomic mass is 32.2. The molecule has 122 valence electrons. The summed E-state index contributed by atoms with van der Waals surface area (Å²) in [4.78, 5) is 0. The van der Waals surface area contributed by atoms with Crippen LogP contribution in [-0.4, -0.2) is 21.0 Å². The van der Waals surface area contributed by atoms with Gasteiger partial charge in [-0.05, 0) is 24.5 Å². The van der Waals surface area contributed by atoms with Gasteiger partial charge in [-0.25, -0.2) is 13.1 Å². The lowest BCUT2D eigenvalue weighted by Gasteiger charge is -2.06. The van der Waals surface area contributed by atoms with Gasteiger partial charge in [0.15, 0.2) is 0 Å². The summed E-state index contributed by atoms with van der Waals surface area (Å²) in [6.45, 7) is 9.37. The van der Waals surface area contributed by atoms with Gasteiger partial charge >= 0.3 is 0 Å². The van der Waals surface area contributed by atoms with Crippen molar-refractivity contribution in [2.75, 3.05) is 6.54 Å². The van der Waals surface area contributed by atoms with Crippen LogP contribution in [0.2, 0.25) is 0 Å². The van der Waals surface area contributed by atoms with Crippen molar-refractivity contribution >= 4 is 10.0 Å². The van der Waals surface area contributed by atoms with Crippen molar-refractivity contribution in [3.8, 4) is 0 Å². The van der Waals surface area contributed by atoms with Crippen LogP contribution in [0.5, 0.6) is 0 Å². The van der Waals surface area contributed by atoms with Crippen molar-refractivity contribution in [1.29, 1.82) is 0 Å². The summed E-state index contributed by atoms with van der Waals surface area (Å²) in [7, 11) is -3.52. The molecule has 0 bridgehead atoms. The Hall–Kier alpha value is -0.850. The molecule has 0 unspecified atom stereocenters. The molecule has 0 aromatic carbocycles. The van der Waals surface area contributed by atoms with Crippen LogP contribution in [0.15, 0.2) is 21.6 Å². The maximum Gasteiger partial charge on any atom is 0.273 e. The second-order valence-corrected chi connectivity index (χ2v) is 7.74. The molecule has 1 heterocycles. The molecule has 1 rings (SSSR count). The van der Waals surface area contributed by atoms with E-state index in [9.17, 15) is 8.42 Å².